The minimum absolute atomic E-state index is 1.09. The molecule has 11 heavy (non-hydrogen) atoms. The van der Waals surface area contributed by atoms with Gasteiger partial charge in [0.1, 0.15) is 0 Å². The molecule has 0 spiro atoms. The topological polar surface area (TPSA) is 15.3 Å². The summed E-state index contributed by atoms with van der Waals surface area (Å²) in [6.07, 6.45) is 6.97. The van der Waals surface area contributed by atoms with E-state index in [1.807, 2.05) is 25.2 Å². The fraction of sp³-hybridized carbons (Fsp3) is 0.778. The number of hydrazine groups is 1. The second kappa shape index (κ2) is 7.76. The van der Waals surface area contributed by atoms with Crippen LogP contribution in [0.1, 0.15) is 25.7 Å². The molecular weight excluding hydrogens is 136 g/mol. The fourth-order valence-electron chi connectivity index (χ4n) is 0.893. The van der Waals surface area contributed by atoms with Crippen LogP contribution in [0.3, 0.4) is 0 Å². The van der Waals surface area contributed by atoms with Gasteiger partial charge in [-0.05, 0) is 19.3 Å². The monoisotopic (exact) mass is 156 g/mol. The van der Waals surface area contributed by atoms with E-state index in [0.29, 0.717) is 0 Å². The van der Waals surface area contributed by atoms with Gasteiger partial charge in [-0.15, -0.1) is 6.58 Å². The lowest BCUT2D eigenvalue weighted by molar-refractivity contribution is 0.286. The Bertz CT molecular complexity index is 89.6. The number of hydrogen-bond acceptors (Lipinski definition) is 2. The highest BCUT2D eigenvalue weighted by atomic mass is 15.5. The summed E-state index contributed by atoms with van der Waals surface area (Å²) in [5, 5.41) is 1.99. The van der Waals surface area contributed by atoms with Gasteiger partial charge in [-0.25, -0.2) is 0 Å². The molecule has 0 heterocycles. The first-order valence-electron chi connectivity index (χ1n) is 4.29. The zero-order chi connectivity index (χ0) is 8.53. The SMILES string of the molecule is C=CCCCCCNN(C)C. The van der Waals surface area contributed by atoms with Crippen molar-refractivity contribution in [3.05, 3.63) is 12.7 Å². The van der Waals surface area contributed by atoms with Crippen molar-refractivity contribution in [1.29, 1.82) is 0 Å². The van der Waals surface area contributed by atoms with Crippen molar-refractivity contribution in [3.63, 3.8) is 0 Å². The van der Waals surface area contributed by atoms with Gasteiger partial charge in [0, 0.05) is 20.6 Å². The molecule has 0 aromatic carbocycles. The molecule has 0 fully saturated rings. The van der Waals surface area contributed by atoms with Gasteiger partial charge in [0.05, 0.1) is 0 Å². The van der Waals surface area contributed by atoms with E-state index in [1.165, 1.54) is 19.3 Å². The normalized spacial score (nSPS) is 10.5. The summed E-state index contributed by atoms with van der Waals surface area (Å²) in [5.41, 5.74) is 3.23. The van der Waals surface area contributed by atoms with Crippen molar-refractivity contribution in [3.8, 4) is 0 Å². The van der Waals surface area contributed by atoms with Gasteiger partial charge in [-0.3, -0.25) is 10.4 Å². The van der Waals surface area contributed by atoms with Gasteiger partial charge in [0.25, 0.3) is 0 Å². The molecule has 0 aliphatic rings. The molecule has 0 atom stereocenters. The third kappa shape index (κ3) is 9.66. The highest BCUT2D eigenvalue weighted by Gasteiger charge is 1.88. The van der Waals surface area contributed by atoms with Crippen LogP contribution in [0.25, 0.3) is 0 Å². The predicted molar refractivity (Wildman–Crippen MR) is 50.4 cm³/mol. The number of hydrogen-bond donors (Lipinski definition) is 1. The molecule has 0 saturated heterocycles. The number of nitrogens with zero attached hydrogens (tertiary/aromatic N) is 1. The van der Waals surface area contributed by atoms with E-state index in [4.69, 9.17) is 0 Å². The van der Waals surface area contributed by atoms with Gasteiger partial charge in [-0.2, -0.15) is 0 Å². The van der Waals surface area contributed by atoms with E-state index in [2.05, 4.69) is 12.0 Å². The zero-order valence-electron chi connectivity index (χ0n) is 7.77. The molecular formula is C9H20N2. The smallest absolute Gasteiger partial charge is 0.0102 e. The van der Waals surface area contributed by atoms with Crippen LogP contribution in [0.5, 0.6) is 0 Å². The molecule has 0 aliphatic carbocycles. The standard InChI is InChI=1S/C9H20N2/c1-4-5-6-7-8-9-10-11(2)3/h4,10H,1,5-9H2,2-3H3. The van der Waals surface area contributed by atoms with Crippen molar-refractivity contribution in [2.75, 3.05) is 20.6 Å². The van der Waals surface area contributed by atoms with Gasteiger partial charge in [-0.1, -0.05) is 12.5 Å². The average Bonchev–Trinajstić information content (AvgIpc) is 1.96. The van der Waals surface area contributed by atoms with Gasteiger partial charge in [0.15, 0.2) is 0 Å². The van der Waals surface area contributed by atoms with E-state index >= 15 is 0 Å². The first kappa shape index (κ1) is 10.7. The van der Waals surface area contributed by atoms with Gasteiger partial charge >= 0.3 is 0 Å². The summed E-state index contributed by atoms with van der Waals surface area (Å²) in [6, 6.07) is 0. The maximum Gasteiger partial charge on any atom is 0.0102 e. The second-order valence-corrected chi connectivity index (χ2v) is 2.94. The Labute approximate surface area is 70.2 Å². The summed E-state index contributed by atoms with van der Waals surface area (Å²) in [4.78, 5) is 0. The van der Waals surface area contributed by atoms with Crippen LogP contribution in [0.4, 0.5) is 0 Å². The predicted octanol–water partition coefficient (Wildman–Crippen LogP) is 1.80. The first-order chi connectivity index (χ1) is 5.27. The van der Waals surface area contributed by atoms with Crippen LogP contribution in [0.2, 0.25) is 0 Å². The molecule has 66 valence electrons. The quantitative estimate of drug-likeness (QED) is 0.343. The lowest BCUT2D eigenvalue weighted by Crippen LogP contribution is -2.30. The molecule has 0 radical (unpaired) electrons. The third-order valence-corrected chi connectivity index (χ3v) is 1.51. The average molecular weight is 156 g/mol. The molecule has 0 amide bonds. The van der Waals surface area contributed by atoms with Crippen molar-refractivity contribution in [2.45, 2.75) is 25.7 Å². The highest BCUT2D eigenvalue weighted by Crippen LogP contribution is 1.98. The van der Waals surface area contributed by atoms with E-state index in [0.717, 1.165) is 13.0 Å². The van der Waals surface area contributed by atoms with Crippen LogP contribution >= 0.6 is 0 Å². The Kier molecular flexibility index (Phi) is 7.52. The molecule has 0 aromatic heterocycles. The largest absolute Gasteiger partial charge is 0.256 e. The summed E-state index contributed by atoms with van der Waals surface area (Å²) in [5.74, 6) is 0. The molecule has 0 rings (SSSR count). The molecule has 0 saturated carbocycles. The van der Waals surface area contributed by atoms with Crippen molar-refractivity contribution >= 4 is 0 Å². The van der Waals surface area contributed by atoms with E-state index in [-0.39, 0.29) is 0 Å². The van der Waals surface area contributed by atoms with Gasteiger partial charge < -0.3 is 0 Å². The molecule has 2 nitrogen and oxygen atoms in total. The van der Waals surface area contributed by atoms with Gasteiger partial charge in [0.2, 0.25) is 0 Å². The van der Waals surface area contributed by atoms with Crippen LogP contribution in [0, 0.1) is 0 Å². The Morgan fingerprint density at radius 1 is 1.27 bits per heavy atom. The number of rotatable bonds is 7. The van der Waals surface area contributed by atoms with Crippen molar-refractivity contribution in [2.24, 2.45) is 0 Å². The maximum atomic E-state index is 3.68. The Morgan fingerprint density at radius 3 is 2.55 bits per heavy atom. The number of unbranched alkanes of at least 4 members (excludes halogenated alkanes) is 3. The highest BCUT2D eigenvalue weighted by molar-refractivity contribution is 4.65. The van der Waals surface area contributed by atoms with Crippen LogP contribution in [-0.4, -0.2) is 25.6 Å². The fourth-order valence-corrected chi connectivity index (χ4v) is 0.893. The lowest BCUT2D eigenvalue weighted by Gasteiger charge is -2.10. The second-order valence-electron chi connectivity index (χ2n) is 2.94. The van der Waals surface area contributed by atoms with E-state index in [9.17, 15) is 0 Å². The minimum atomic E-state index is 1.09. The summed E-state index contributed by atoms with van der Waals surface area (Å²) >= 11 is 0. The van der Waals surface area contributed by atoms with Crippen LogP contribution < -0.4 is 5.43 Å². The molecule has 0 unspecified atom stereocenters. The maximum absolute atomic E-state index is 3.68. The summed E-state index contributed by atoms with van der Waals surface area (Å²) in [6.45, 7) is 4.77. The minimum Gasteiger partial charge on any atom is -0.256 e. The molecule has 0 aliphatic heterocycles. The van der Waals surface area contributed by atoms with E-state index < -0.39 is 0 Å². The molecule has 0 aromatic rings. The third-order valence-electron chi connectivity index (χ3n) is 1.51. The molecule has 1 N–H and O–H groups in total. The van der Waals surface area contributed by atoms with E-state index in [1.54, 1.807) is 0 Å². The van der Waals surface area contributed by atoms with Crippen LogP contribution in [0.15, 0.2) is 12.7 Å². The lowest BCUT2D eigenvalue weighted by atomic mass is 10.2. The van der Waals surface area contributed by atoms with Crippen molar-refractivity contribution in [1.82, 2.24) is 10.4 Å². The Morgan fingerprint density at radius 2 is 2.00 bits per heavy atom. The number of allylic oxidation sites excluding steroid dienone is 1. The summed E-state index contributed by atoms with van der Waals surface area (Å²) in [7, 11) is 4.04. The molecule has 0 bridgehead atoms. The Balaban J connectivity index is 2.85. The summed E-state index contributed by atoms with van der Waals surface area (Å²) < 4.78 is 0. The molecule has 2 heteroatoms. The Hall–Kier alpha value is -0.340. The van der Waals surface area contributed by atoms with Crippen molar-refractivity contribution < 1.29 is 0 Å². The zero-order valence-corrected chi connectivity index (χ0v) is 7.77. The number of nitrogens with one attached hydrogen (secondary N) is 1. The van der Waals surface area contributed by atoms with Crippen LogP contribution in [-0.2, 0) is 0 Å². The first-order valence-corrected chi connectivity index (χ1v) is 4.29.